The number of amides is 1. The van der Waals surface area contributed by atoms with Crippen LogP contribution in [0.5, 0.6) is 0 Å². The van der Waals surface area contributed by atoms with Crippen LogP contribution in [0, 0.1) is 5.92 Å². The van der Waals surface area contributed by atoms with E-state index in [1.54, 1.807) is 0 Å². The molecule has 1 unspecified atom stereocenters. The molecule has 1 atom stereocenters. The molecule has 1 aliphatic heterocycles. The second-order valence-corrected chi connectivity index (χ2v) is 2.56. The van der Waals surface area contributed by atoms with Crippen LogP contribution >= 0.6 is 0 Å². The van der Waals surface area contributed by atoms with Gasteiger partial charge in [-0.25, -0.2) is 0 Å². The van der Waals surface area contributed by atoms with E-state index >= 15 is 0 Å². The standard InChI is InChI=1S/C7H11NO3/c1-11-7(10)5-2-3-6(9)8-4-5/h5H,2-4H2,1H3,(H,8,9). The smallest absolute Gasteiger partial charge is 0.310 e. The van der Waals surface area contributed by atoms with E-state index in [1.165, 1.54) is 7.11 Å². The largest absolute Gasteiger partial charge is 0.469 e. The second-order valence-electron chi connectivity index (χ2n) is 2.56. The summed E-state index contributed by atoms with van der Waals surface area (Å²) in [7, 11) is 1.36. The Kier molecular flexibility index (Phi) is 2.46. The minimum atomic E-state index is -0.231. The Morgan fingerprint density at radius 1 is 1.73 bits per heavy atom. The zero-order valence-corrected chi connectivity index (χ0v) is 6.42. The van der Waals surface area contributed by atoms with E-state index in [1.807, 2.05) is 0 Å². The van der Waals surface area contributed by atoms with Gasteiger partial charge in [0.2, 0.25) is 5.91 Å². The third kappa shape index (κ3) is 1.93. The molecule has 0 aromatic heterocycles. The molecule has 11 heavy (non-hydrogen) atoms. The van der Waals surface area contributed by atoms with Gasteiger partial charge in [-0.05, 0) is 6.42 Å². The first-order chi connectivity index (χ1) is 5.24. The van der Waals surface area contributed by atoms with Crippen molar-refractivity contribution in [2.75, 3.05) is 13.7 Å². The molecule has 4 heteroatoms. The van der Waals surface area contributed by atoms with Crippen LogP contribution < -0.4 is 5.32 Å². The number of carbonyl (C=O) groups excluding carboxylic acids is 2. The topological polar surface area (TPSA) is 55.4 Å². The molecule has 1 N–H and O–H groups in total. The lowest BCUT2D eigenvalue weighted by Crippen LogP contribution is -2.38. The quantitative estimate of drug-likeness (QED) is 0.531. The second kappa shape index (κ2) is 3.37. The Morgan fingerprint density at radius 3 is 2.91 bits per heavy atom. The molecule has 1 amide bonds. The number of hydrogen-bond acceptors (Lipinski definition) is 3. The zero-order chi connectivity index (χ0) is 8.27. The van der Waals surface area contributed by atoms with Gasteiger partial charge in [-0.15, -0.1) is 0 Å². The van der Waals surface area contributed by atoms with Crippen molar-refractivity contribution in [3.05, 3.63) is 0 Å². The van der Waals surface area contributed by atoms with Crippen molar-refractivity contribution < 1.29 is 14.3 Å². The van der Waals surface area contributed by atoms with Crippen molar-refractivity contribution >= 4 is 11.9 Å². The first-order valence-corrected chi connectivity index (χ1v) is 3.58. The number of piperidine rings is 1. The van der Waals surface area contributed by atoms with Crippen molar-refractivity contribution in [2.24, 2.45) is 5.92 Å². The van der Waals surface area contributed by atoms with Crippen molar-refractivity contribution in [1.82, 2.24) is 5.32 Å². The maximum absolute atomic E-state index is 10.9. The first kappa shape index (κ1) is 8.04. The molecule has 0 spiro atoms. The average molecular weight is 157 g/mol. The van der Waals surface area contributed by atoms with E-state index in [2.05, 4.69) is 10.1 Å². The minimum Gasteiger partial charge on any atom is -0.469 e. The molecule has 0 radical (unpaired) electrons. The van der Waals surface area contributed by atoms with Crippen LogP contribution in [0.4, 0.5) is 0 Å². The van der Waals surface area contributed by atoms with Gasteiger partial charge in [0, 0.05) is 13.0 Å². The van der Waals surface area contributed by atoms with Crippen LogP contribution in [0.3, 0.4) is 0 Å². The number of methoxy groups -OCH3 is 1. The third-order valence-corrected chi connectivity index (χ3v) is 1.80. The summed E-state index contributed by atoms with van der Waals surface area (Å²) in [5, 5.41) is 2.61. The van der Waals surface area contributed by atoms with Crippen LogP contribution in [-0.4, -0.2) is 25.5 Å². The van der Waals surface area contributed by atoms with Gasteiger partial charge in [0.25, 0.3) is 0 Å². The lowest BCUT2D eigenvalue weighted by atomic mass is 10.00. The molecule has 0 saturated carbocycles. The number of ether oxygens (including phenoxy) is 1. The number of carbonyl (C=O) groups is 2. The van der Waals surface area contributed by atoms with Gasteiger partial charge < -0.3 is 10.1 Å². The number of hydrogen-bond donors (Lipinski definition) is 1. The highest BCUT2D eigenvalue weighted by Gasteiger charge is 2.24. The molecule has 1 aliphatic rings. The lowest BCUT2D eigenvalue weighted by Gasteiger charge is -2.19. The van der Waals surface area contributed by atoms with Gasteiger partial charge in [0.1, 0.15) is 0 Å². The molecule has 62 valence electrons. The molecule has 0 aliphatic carbocycles. The summed E-state index contributed by atoms with van der Waals surface area (Å²) in [6.07, 6.45) is 1.04. The van der Waals surface area contributed by atoms with Gasteiger partial charge in [-0.1, -0.05) is 0 Å². The highest BCUT2D eigenvalue weighted by molar-refractivity contribution is 5.80. The van der Waals surface area contributed by atoms with Gasteiger partial charge in [-0.2, -0.15) is 0 Å². The predicted molar refractivity (Wildman–Crippen MR) is 37.7 cm³/mol. The molecular weight excluding hydrogens is 146 g/mol. The van der Waals surface area contributed by atoms with Gasteiger partial charge >= 0.3 is 5.97 Å². The van der Waals surface area contributed by atoms with E-state index in [-0.39, 0.29) is 17.8 Å². The summed E-state index contributed by atoms with van der Waals surface area (Å²) in [5.41, 5.74) is 0. The highest BCUT2D eigenvalue weighted by atomic mass is 16.5. The summed E-state index contributed by atoms with van der Waals surface area (Å²) in [4.78, 5) is 21.6. The molecule has 1 rings (SSSR count). The summed E-state index contributed by atoms with van der Waals surface area (Å²) < 4.78 is 4.53. The third-order valence-electron chi connectivity index (χ3n) is 1.80. The van der Waals surface area contributed by atoms with Crippen LogP contribution in [0.1, 0.15) is 12.8 Å². The molecule has 1 saturated heterocycles. The van der Waals surface area contributed by atoms with Crippen LogP contribution in [0.25, 0.3) is 0 Å². The van der Waals surface area contributed by atoms with E-state index in [4.69, 9.17) is 0 Å². The minimum absolute atomic E-state index is 0.0187. The normalized spacial score (nSPS) is 24.1. The maximum Gasteiger partial charge on any atom is 0.310 e. The summed E-state index contributed by atoms with van der Waals surface area (Å²) in [5.74, 6) is -0.354. The monoisotopic (exact) mass is 157 g/mol. The van der Waals surface area contributed by atoms with Crippen molar-refractivity contribution in [2.45, 2.75) is 12.8 Å². The summed E-state index contributed by atoms with van der Waals surface area (Å²) >= 11 is 0. The molecular formula is C7H11NO3. The van der Waals surface area contributed by atoms with Crippen molar-refractivity contribution in [3.8, 4) is 0 Å². The Morgan fingerprint density at radius 2 is 2.45 bits per heavy atom. The highest BCUT2D eigenvalue weighted by Crippen LogP contribution is 2.11. The average Bonchev–Trinajstić information content (AvgIpc) is 2.05. The fourth-order valence-corrected chi connectivity index (χ4v) is 1.10. The van der Waals surface area contributed by atoms with Crippen molar-refractivity contribution in [1.29, 1.82) is 0 Å². The van der Waals surface area contributed by atoms with Crippen LogP contribution in [0.2, 0.25) is 0 Å². The van der Waals surface area contributed by atoms with Crippen molar-refractivity contribution in [3.63, 3.8) is 0 Å². The molecule has 4 nitrogen and oxygen atoms in total. The number of nitrogens with one attached hydrogen (secondary N) is 1. The maximum atomic E-state index is 10.9. The van der Waals surface area contributed by atoms with Gasteiger partial charge in [0.05, 0.1) is 13.0 Å². The van der Waals surface area contributed by atoms with Crippen LogP contribution in [0.15, 0.2) is 0 Å². The van der Waals surface area contributed by atoms with E-state index < -0.39 is 0 Å². The fourth-order valence-electron chi connectivity index (χ4n) is 1.10. The van der Waals surface area contributed by atoms with E-state index in [9.17, 15) is 9.59 Å². The van der Waals surface area contributed by atoms with Gasteiger partial charge in [0.15, 0.2) is 0 Å². The predicted octanol–water partition coefficient (Wildman–Crippen LogP) is -0.314. The molecule has 1 fully saturated rings. The first-order valence-electron chi connectivity index (χ1n) is 3.58. The Bertz CT molecular complexity index is 169. The SMILES string of the molecule is COC(=O)C1CCC(=O)NC1. The Labute approximate surface area is 64.9 Å². The Balaban J connectivity index is 2.39. The summed E-state index contributed by atoms with van der Waals surface area (Å²) in [6.45, 7) is 0.422. The number of rotatable bonds is 1. The number of esters is 1. The fraction of sp³-hybridized carbons (Fsp3) is 0.714. The zero-order valence-electron chi connectivity index (χ0n) is 6.42. The Hall–Kier alpha value is -1.06. The van der Waals surface area contributed by atoms with Crippen LogP contribution in [-0.2, 0) is 14.3 Å². The van der Waals surface area contributed by atoms with E-state index in [0.29, 0.717) is 19.4 Å². The summed E-state index contributed by atoms with van der Waals surface area (Å²) in [6, 6.07) is 0. The molecule has 0 aromatic rings. The van der Waals surface area contributed by atoms with Gasteiger partial charge in [-0.3, -0.25) is 9.59 Å². The molecule has 0 bridgehead atoms. The lowest BCUT2D eigenvalue weighted by molar-refractivity contribution is -0.146. The molecule has 1 heterocycles. The molecule has 0 aromatic carbocycles. The van der Waals surface area contributed by atoms with E-state index in [0.717, 1.165) is 0 Å².